The number of benzene rings is 2. The molecule has 0 spiro atoms. The van der Waals surface area contributed by atoms with E-state index in [0.29, 0.717) is 37.5 Å². The summed E-state index contributed by atoms with van der Waals surface area (Å²) < 4.78 is 5.47. The highest BCUT2D eigenvalue weighted by atomic mass is 16.5. The summed E-state index contributed by atoms with van der Waals surface area (Å²) in [7, 11) is 0. The highest BCUT2D eigenvalue weighted by molar-refractivity contribution is 5.97. The van der Waals surface area contributed by atoms with E-state index in [-0.39, 0.29) is 18.0 Å². The highest BCUT2D eigenvalue weighted by Crippen LogP contribution is 2.15. The molecule has 0 aliphatic carbocycles. The number of urea groups is 1. The molecule has 0 saturated carbocycles. The summed E-state index contributed by atoms with van der Waals surface area (Å²) in [5.74, 6) is -0.0477. The minimum Gasteiger partial charge on any atom is -0.375 e. The van der Waals surface area contributed by atoms with Crippen LogP contribution >= 0.6 is 0 Å². The maximum Gasteiger partial charge on any atom is 0.319 e. The monoisotopic (exact) mass is 353 g/mol. The SMILES string of the molecule is CC1CN(C(=O)c2cccc(NC(=O)NCc3ccccc3)c2)CCO1. The van der Waals surface area contributed by atoms with Gasteiger partial charge in [-0.15, -0.1) is 0 Å². The zero-order valence-corrected chi connectivity index (χ0v) is 14.8. The zero-order chi connectivity index (χ0) is 18.4. The van der Waals surface area contributed by atoms with Crippen molar-refractivity contribution in [3.8, 4) is 0 Å². The molecule has 0 aromatic heterocycles. The van der Waals surface area contributed by atoms with Crippen molar-refractivity contribution >= 4 is 17.6 Å². The van der Waals surface area contributed by atoms with Gasteiger partial charge >= 0.3 is 6.03 Å². The Morgan fingerprint density at radius 1 is 1.15 bits per heavy atom. The molecule has 0 bridgehead atoms. The van der Waals surface area contributed by atoms with Crippen LogP contribution < -0.4 is 10.6 Å². The number of amides is 3. The molecule has 2 N–H and O–H groups in total. The molecule has 26 heavy (non-hydrogen) atoms. The molecule has 1 atom stereocenters. The molecular formula is C20H23N3O3. The van der Waals surface area contributed by atoms with Crippen LogP contribution in [-0.2, 0) is 11.3 Å². The van der Waals surface area contributed by atoms with Gasteiger partial charge in [-0.25, -0.2) is 4.79 Å². The molecule has 6 nitrogen and oxygen atoms in total. The van der Waals surface area contributed by atoms with Gasteiger partial charge in [-0.3, -0.25) is 4.79 Å². The smallest absolute Gasteiger partial charge is 0.319 e. The molecule has 1 saturated heterocycles. The van der Waals surface area contributed by atoms with Crippen LogP contribution in [-0.4, -0.2) is 42.6 Å². The number of nitrogens with one attached hydrogen (secondary N) is 2. The largest absolute Gasteiger partial charge is 0.375 e. The number of carbonyl (C=O) groups excluding carboxylic acids is 2. The lowest BCUT2D eigenvalue weighted by Gasteiger charge is -2.31. The first-order valence-electron chi connectivity index (χ1n) is 8.71. The van der Waals surface area contributed by atoms with Gasteiger partial charge in [-0.2, -0.15) is 0 Å². The topological polar surface area (TPSA) is 70.7 Å². The fourth-order valence-electron chi connectivity index (χ4n) is 2.87. The van der Waals surface area contributed by atoms with E-state index in [1.54, 1.807) is 29.2 Å². The van der Waals surface area contributed by atoms with Gasteiger partial charge in [-0.05, 0) is 30.7 Å². The molecule has 136 valence electrons. The van der Waals surface area contributed by atoms with Crippen LogP contribution in [0.4, 0.5) is 10.5 Å². The first-order chi connectivity index (χ1) is 12.6. The Labute approximate surface area is 153 Å². The van der Waals surface area contributed by atoms with Gasteiger partial charge in [0.15, 0.2) is 0 Å². The number of hydrogen-bond donors (Lipinski definition) is 2. The van der Waals surface area contributed by atoms with Crippen LogP contribution in [0.25, 0.3) is 0 Å². The maximum atomic E-state index is 12.6. The van der Waals surface area contributed by atoms with Crippen molar-refractivity contribution in [1.82, 2.24) is 10.2 Å². The number of carbonyl (C=O) groups is 2. The normalized spacial score (nSPS) is 16.8. The number of rotatable bonds is 4. The highest BCUT2D eigenvalue weighted by Gasteiger charge is 2.22. The Morgan fingerprint density at radius 3 is 2.73 bits per heavy atom. The quantitative estimate of drug-likeness (QED) is 0.888. The molecule has 2 aromatic rings. The van der Waals surface area contributed by atoms with Crippen molar-refractivity contribution in [2.24, 2.45) is 0 Å². The van der Waals surface area contributed by atoms with Crippen molar-refractivity contribution in [1.29, 1.82) is 0 Å². The van der Waals surface area contributed by atoms with E-state index in [9.17, 15) is 9.59 Å². The molecule has 6 heteroatoms. The maximum absolute atomic E-state index is 12.6. The van der Waals surface area contributed by atoms with Gasteiger partial charge in [0, 0.05) is 30.9 Å². The Balaban J connectivity index is 1.58. The molecule has 1 heterocycles. The van der Waals surface area contributed by atoms with E-state index < -0.39 is 0 Å². The van der Waals surface area contributed by atoms with Crippen LogP contribution in [0, 0.1) is 0 Å². The van der Waals surface area contributed by atoms with Gasteiger partial charge in [0.05, 0.1) is 12.7 Å². The fourth-order valence-corrected chi connectivity index (χ4v) is 2.87. The molecule has 3 amide bonds. The summed E-state index contributed by atoms with van der Waals surface area (Å²) in [5.41, 5.74) is 2.16. The van der Waals surface area contributed by atoms with E-state index in [2.05, 4.69) is 10.6 Å². The number of hydrogen-bond acceptors (Lipinski definition) is 3. The average molecular weight is 353 g/mol. The van der Waals surface area contributed by atoms with E-state index in [0.717, 1.165) is 5.56 Å². The molecule has 0 radical (unpaired) electrons. The second-order valence-electron chi connectivity index (χ2n) is 6.31. The second-order valence-corrected chi connectivity index (χ2v) is 6.31. The van der Waals surface area contributed by atoms with Crippen molar-refractivity contribution in [2.45, 2.75) is 19.6 Å². The molecule has 1 unspecified atom stereocenters. The average Bonchev–Trinajstić information content (AvgIpc) is 2.67. The summed E-state index contributed by atoms with van der Waals surface area (Å²) in [6.07, 6.45) is 0.0396. The Bertz CT molecular complexity index is 764. The van der Waals surface area contributed by atoms with E-state index in [4.69, 9.17) is 4.74 Å². The second kappa shape index (κ2) is 8.49. The van der Waals surface area contributed by atoms with E-state index >= 15 is 0 Å². The van der Waals surface area contributed by atoms with Gasteiger partial charge < -0.3 is 20.3 Å². The summed E-state index contributed by atoms with van der Waals surface area (Å²) >= 11 is 0. The van der Waals surface area contributed by atoms with Crippen LogP contribution in [0.3, 0.4) is 0 Å². The fraction of sp³-hybridized carbons (Fsp3) is 0.300. The predicted molar refractivity (Wildman–Crippen MR) is 100 cm³/mol. The number of anilines is 1. The van der Waals surface area contributed by atoms with Gasteiger partial charge in [0.1, 0.15) is 0 Å². The van der Waals surface area contributed by atoms with E-state index in [1.165, 1.54) is 0 Å². The third kappa shape index (κ3) is 4.83. The van der Waals surface area contributed by atoms with Crippen LogP contribution in [0.2, 0.25) is 0 Å². The lowest BCUT2D eigenvalue weighted by molar-refractivity contribution is -0.0124. The summed E-state index contributed by atoms with van der Waals surface area (Å²) in [6.45, 7) is 4.10. The first-order valence-corrected chi connectivity index (χ1v) is 8.71. The lowest BCUT2D eigenvalue weighted by Crippen LogP contribution is -2.44. The van der Waals surface area contributed by atoms with Crippen LogP contribution in [0.15, 0.2) is 54.6 Å². The number of ether oxygens (including phenoxy) is 1. The number of nitrogens with zero attached hydrogens (tertiary/aromatic N) is 1. The summed E-state index contributed by atoms with van der Waals surface area (Å²) in [4.78, 5) is 26.5. The minimum atomic E-state index is -0.307. The molecule has 3 rings (SSSR count). The van der Waals surface area contributed by atoms with Crippen molar-refractivity contribution in [2.75, 3.05) is 25.0 Å². The third-order valence-electron chi connectivity index (χ3n) is 4.19. The van der Waals surface area contributed by atoms with Gasteiger partial charge in [-0.1, -0.05) is 36.4 Å². The number of morpholine rings is 1. The minimum absolute atomic E-state index is 0.0396. The zero-order valence-electron chi connectivity index (χ0n) is 14.8. The third-order valence-corrected chi connectivity index (χ3v) is 4.19. The van der Waals surface area contributed by atoms with Gasteiger partial charge in [0.25, 0.3) is 5.91 Å². The molecule has 1 aliphatic rings. The first kappa shape index (κ1) is 17.9. The van der Waals surface area contributed by atoms with Gasteiger partial charge in [0.2, 0.25) is 0 Å². The predicted octanol–water partition coefficient (Wildman–Crippen LogP) is 2.87. The summed E-state index contributed by atoms with van der Waals surface area (Å²) in [5, 5.41) is 5.58. The molecular weight excluding hydrogens is 330 g/mol. The lowest BCUT2D eigenvalue weighted by atomic mass is 10.1. The molecule has 1 aliphatic heterocycles. The molecule has 2 aromatic carbocycles. The molecule has 1 fully saturated rings. The van der Waals surface area contributed by atoms with Crippen molar-refractivity contribution in [3.63, 3.8) is 0 Å². The van der Waals surface area contributed by atoms with E-state index in [1.807, 2.05) is 37.3 Å². The van der Waals surface area contributed by atoms with Crippen molar-refractivity contribution in [3.05, 3.63) is 65.7 Å². The standard InChI is InChI=1S/C20H23N3O3/c1-15-14-23(10-11-26-15)19(24)17-8-5-9-18(12-17)22-20(25)21-13-16-6-3-2-4-7-16/h2-9,12,15H,10-11,13-14H2,1H3,(H2,21,22,25). The summed E-state index contributed by atoms with van der Waals surface area (Å²) in [6, 6.07) is 16.4. The van der Waals surface area contributed by atoms with Crippen LogP contribution in [0.1, 0.15) is 22.8 Å². The van der Waals surface area contributed by atoms with Crippen molar-refractivity contribution < 1.29 is 14.3 Å². The Morgan fingerprint density at radius 2 is 1.96 bits per heavy atom. The van der Waals surface area contributed by atoms with Crippen LogP contribution in [0.5, 0.6) is 0 Å². The Kier molecular flexibility index (Phi) is 5.86. The Hall–Kier alpha value is -2.86.